The molecule has 3 heteroatoms. The fraction of sp³-hybridized carbons (Fsp3) is 0.200. The predicted octanol–water partition coefficient (Wildman–Crippen LogP) is 2.84. The van der Waals surface area contributed by atoms with Crippen LogP contribution < -0.4 is 5.73 Å². The van der Waals surface area contributed by atoms with Crippen molar-refractivity contribution in [2.75, 3.05) is 0 Å². The van der Waals surface area contributed by atoms with Crippen LogP contribution in [-0.2, 0) is 0 Å². The molecule has 1 unspecified atom stereocenters. The van der Waals surface area contributed by atoms with E-state index in [1.165, 1.54) is 12.1 Å². The Bertz CT molecular complexity index is 321. The molecule has 0 radical (unpaired) electrons. The summed E-state index contributed by atoms with van der Waals surface area (Å²) >= 11 is 5.70. The summed E-state index contributed by atoms with van der Waals surface area (Å²) in [5, 5.41) is 0.519. The minimum Gasteiger partial charge on any atom is -0.325 e. The van der Waals surface area contributed by atoms with Gasteiger partial charge in [0.05, 0.1) is 0 Å². The molecule has 0 heterocycles. The van der Waals surface area contributed by atoms with Crippen LogP contribution in [0.2, 0.25) is 5.02 Å². The minimum absolute atomic E-state index is 0.0848. The lowest BCUT2D eigenvalue weighted by Gasteiger charge is -1.98. The zero-order chi connectivity index (χ0) is 9.84. The number of nitrogens with two attached hydrogens (primary N) is 1. The van der Waals surface area contributed by atoms with Crippen LogP contribution in [0, 0.1) is 5.82 Å². The zero-order valence-corrected chi connectivity index (χ0v) is 8.05. The third-order valence-corrected chi connectivity index (χ3v) is 1.77. The van der Waals surface area contributed by atoms with Crippen molar-refractivity contribution < 1.29 is 4.39 Å². The van der Waals surface area contributed by atoms with Crippen molar-refractivity contribution in [2.24, 2.45) is 5.73 Å². The van der Waals surface area contributed by atoms with Gasteiger partial charge in [-0.3, -0.25) is 0 Å². The largest absolute Gasteiger partial charge is 0.325 e. The van der Waals surface area contributed by atoms with E-state index in [4.69, 9.17) is 17.3 Å². The highest BCUT2D eigenvalue weighted by Crippen LogP contribution is 2.16. The summed E-state index contributed by atoms with van der Waals surface area (Å²) in [7, 11) is 0. The lowest BCUT2D eigenvalue weighted by Crippen LogP contribution is -2.09. The molecule has 0 aliphatic rings. The first-order chi connectivity index (χ1) is 6.09. The molecule has 1 rings (SSSR count). The molecule has 0 aliphatic carbocycles. The first-order valence-corrected chi connectivity index (χ1v) is 4.36. The van der Waals surface area contributed by atoms with Crippen molar-refractivity contribution in [3.63, 3.8) is 0 Å². The van der Waals surface area contributed by atoms with Crippen LogP contribution in [0.5, 0.6) is 0 Å². The van der Waals surface area contributed by atoms with Crippen LogP contribution in [0.4, 0.5) is 4.39 Å². The van der Waals surface area contributed by atoms with Gasteiger partial charge in [-0.2, -0.15) is 0 Å². The lowest BCUT2D eigenvalue weighted by molar-refractivity contribution is 0.625. The predicted molar refractivity (Wildman–Crippen MR) is 54.1 cm³/mol. The molecule has 1 nitrogen and oxygen atoms in total. The molecular formula is C10H11ClFN. The monoisotopic (exact) mass is 199 g/mol. The van der Waals surface area contributed by atoms with Crippen molar-refractivity contribution in [3.8, 4) is 0 Å². The molecular weight excluding hydrogens is 189 g/mol. The smallest absolute Gasteiger partial charge is 0.130 e. The van der Waals surface area contributed by atoms with Crippen LogP contribution in [0.25, 0.3) is 6.08 Å². The Morgan fingerprint density at radius 3 is 2.85 bits per heavy atom. The van der Waals surface area contributed by atoms with E-state index in [-0.39, 0.29) is 11.9 Å². The number of halogens is 2. The van der Waals surface area contributed by atoms with Gasteiger partial charge in [0.25, 0.3) is 0 Å². The highest BCUT2D eigenvalue weighted by atomic mass is 35.5. The number of hydrogen-bond donors (Lipinski definition) is 1. The Balaban J connectivity index is 2.93. The third-order valence-electron chi connectivity index (χ3n) is 1.54. The topological polar surface area (TPSA) is 26.0 Å². The van der Waals surface area contributed by atoms with E-state index in [0.29, 0.717) is 10.6 Å². The summed E-state index contributed by atoms with van der Waals surface area (Å²) in [6.07, 6.45) is 3.35. The van der Waals surface area contributed by atoms with Gasteiger partial charge >= 0.3 is 0 Å². The second kappa shape index (κ2) is 4.40. The summed E-state index contributed by atoms with van der Waals surface area (Å²) in [4.78, 5) is 0. The molecule has 0 aliphatic heterocycles. The fourth-order valence-corrected chi connectivity index (χ4v) is 1.08. The van der Waals surface area contributed by atoms with Crippen LogP contribution in [0.1, 0.15) is 12.5 Å². The highest BCUT2D eigenvalue weighted by Gasteiger charge is 1.98. The van der Waals surface area contributed by atoms with Gasteiger partial charge in [0.2, 0.25) is 0 Å². The van der Waals surface area contributed by atoms with Gasteiger partial charge in [0.1, 0.15) is 5.82 Å². The fourth-order valence-electron chi connectivity index (χ4n) is 0.898. The maximum absolute atomic E-state index is 13.1. The van der Waals surface area contributed by atoms with Crippen LogP contribution in [-0.4, -0.2) is 6.04 Å². The molecule has 0 aromatic heterocycles. The van der Waals surface area contributed by atoms with Crippen molar-refractivity contribution in [1.29, 1.82) is 0 Å². The van der Waals surface area contributed by atoms with Gasteiger partial charge < -0.3 is 5.73 Å². The Kier molecular flexibility index (Phi) is 3.46. The third kappa shape index (κ3) is 3.17. The molecule has 1 aromatic carbocycles. The van der Waals surface area contributed by atoms with Crippen molar-refractivity contribution in [3.05, 3.63) is 40.7 Å². The molecule has 0 saturated carbocycles. The van der Waals surface area contributed by atoms with Crippen LogP contribution >= 0.6 is 11.6 Å². The SMILES string of the molecule is CC(N)/C=C/c1cc(Cl)ccc1F. The van der Waals surface area contributed by atoms with E-state index < -0.39 is 0 Å². The van der Waals surface area contributed by atoms with E-state index in [1.54, 1.807) is 18.2 Å². The molecule has 13 heavy (non-hydrogen) atoms. The number of benzene rings is 1. The van der Waals surface area contributed by atoms with Crippen molar-refractivity contribution >= 4 is 17.7 Å². The lowest BCUT2D eigenvalue weighted by atomic mass is 10.2. The molecule has 1 atom stereocenters. The van der Waals surface area contributed by atoms with Gasteiger partial charge in [0, 0.05) is 16.6 Å². The standard InChI is InChI=1S/C10H11ClFN/c1-7(13)2-3-8-6-9(11)4-5-10(8)12/h2-7H,13H2,1H3/b3-2+. The van der Waals surface area contributed by atoms with Crippen molar-refractivity contribution in [1.82, 2.24) is 0 Å². The molecule has 0 amide bonds. The molecule has 1 aromatic rings. The van der Waals surface area contributed by atoms with E-state index in [1.807, 2.05) is 6.92 Å². The summed E-state index contributed by atoms with van der Waals surface area (Å²) in [6, 6.07) is 4.33. The average molecular weight is 200 g/mol. The highest BCUT2D eigenvalue weighted by molar-refractivity contribution is 6.30. The first-order valence-electron chi connectivity index (χ1n) is 3.98. The van der Waals surface area contributed by atoms with E-state index >= 15 is 0 Å². The molecule has 0 saturated heterocycles. The van der Waals surface area contributed by atoms with Gasteiger partial charge in [0.15, 0.2) is 0 Å². The first kappa shape index (κ1) is 10.2. The maximum Gasteiger partial charge on any atom is 0.130 e. The molecule has 70 valence electrons. The normalized spacial score (nSPS) is 13.5. The Hall–Kier alpha value is -0.860. The summed E-state index contributed by atoms with van der Waals surface area (Å²) < 4.78 is 13.1. The molecule has 2 N–H and O–H groups in total. The number of hydrogen-bond acceptors (Lipinski definition) is 1. The van der Waals surface area contributed by atoms with Gasteiger partial charge in [-0.25, -0.2) is 4.39 Å². The van der Waals surface area contributed by atoms with Gasteiger partial charge in [-0.1, -0.05) is 23.8 Å². The second-order valence-corrected chi connectivity index (χ2v) is 3.32. The van der Waals surface area contributed by atoms with Gasteiger partial charge in [-0.15, -0.1) is 0 Å². The Morgan fingerprint density at radius 2 is 2.23 bits per heavy atom. The minimum atomic E-state index is -0.290. The van der Waals surface area contributed by atoms with E-state index in [0.717, 1.165) is 0 Å². The van der Waals surface area contributed by atoms with Crippen LogP contribution in [0.3, 0.4) is 0 Å². The summed E-state index contributed by atoms with van der Waals surface area (Å²) in [5.74, 6) is -0.290. The quantitative estimate of drug-likeness (QED) is 0.779. The maximum atomic E-state index is 13.1. The number of rotatable bonds is 2. The van der Waals surface area contributed by atoms with Crippen molar-refractivity contribution in [2.45, 2.75) is 13.0 Å². The second-order valence-electron chi connectivity index (χ2n) is 2.88. The molecule has 0 spiro atoms. The summed E-state index contributed by atoms with van der Waals surface area (Å²) in [5.41, 5.74) is 5.95. The Morgan fingerprint density at radius 1 is 1.54 bits per heavy atom. The van der Waals surface area contributed by atoms with Crippen LogP contribution in [0.15, 0.2) is 24.3 Å². The Labute approximate surface area is 82.0 Å². The zero-order valence-electron chi connectivity index (χ0n) is 7.30. The molecule has 0 bridgehead atoms. The van der Waals surface area contributed by atoms with E-state index in [2.05, 4.69) is 0 Å². The van der Waals surface area contributed by atoms with Gasteiger partial charge in [-0.05, 0) is 25.1 Å². The molecule has 0 fully saturated rings. The van der Waals surface area contributed by atoms with E-state index in [9.17, 15) is 4.39 Å². The average Bonchev–Trinajstić information content (AvgIpc) is 2.06. The summed E-state index contributed by atoms with van der Waals surface area (Å²) in [6.45, 7) is 1.82.